The zero-order chi connectivity index (χ0) is 7.28. The van der Waals surface area contributed by atoms with E-state index in [-0.39, 0.29) is 12.4 Å². The normalized spacial score (nSPS) is 10.1. The second-order valence-electron chi connectivity index (χ2n) is 1.47. The van der Waals surface area contributed by atoms with Crippen molar-refractivity contribution < 1.29 is 18.6 Å². The summed E-state index contributed by atoms with van der Waals surface area (Å²) in [5.41, 5.74) is 0. The molecule has 0 rings (SSSR count). The zero-order valence-corrected chi connectivity index (χ0v) is 4.81. The van der Waals surface area contributed by atoms with E-state index in [1.165, 1.54) is 0 Å². The maximum absolute atomic E-state index is 11.2. The van der Waals surface area contributed by atoms with E-state index in [0.717, 1.165) is 0 Å². The molecular weight excluding hydrogens is 130 g/mol. The lowest BCUT2D eigenvalue weighted by Crippen LogP contribution is -2.06. The lowest BCUT2D eigenvalue weighted by Gasteiger charge is -1.99. The highest BCUT2D eigenvalue weighted by molar-refractivity contribution is 4.77. The van der Waals surface area contributed by atoms with Crippen LogP contribution in [0.4, 0.5) is 8.78 Å². The first-order valence-electron chi connectivity index (χ1n) is 2.35. The fourth-order valence-corrected chi connectivity index (χ4v) is 0.266. The largest absolute Gasteiger partial charge is 0.510 e. The molecular formula is C5H8F2O2. The van der Waals surface area contributed by atoms with Gasteiger partial charge in [0.1, 0.15) is 19.0 Å². The highest BCUT2D eigenvalue weighted by Gasteiger charge is 2.00. The van der Waals surface area contributed by atoms with Crippen molar-refractivity contribution >= 4 is 0 Å². The molecule has 0 heterocycles. The summed E-state index contributed by atoms with van der Waals surface area (Å²) in [6.45, 7) is 2.17. The molecule has 0 fully saturated rings. The van der Waals surface area contributed by atoms with Gasteiger partial charge in [-0.25, -0.2) is 8.78 Å². The third-order valence-corrected chi connectivity index (χ3v) is 0.513. The van der Waals surface area contributed by atoms with Crippen LogP contribution in [0.25, 0.3) is 0 Å². The van der Waals surface area contributed by atoms with Crippen molar-refractivity contribution in [3.63, 3.8) is 0 Å². The summed E-state index contributed by atoms with van der Waals surface area (Å²) < 4.78 is 26.8. The number of ether oxygens (including phenoxy) is 1. The Labute approximate surface area is 51.7 Å². The van der Waals surface area contributed by atoms with Gasteiger partial charge in [0.2, 0.25) is 0 Å². The Hall–Kier alpha value is -0.640. The van der Waals surface area contributed by atoms with Crippen LogP contribution in [-0.4, -0.2) is 24.7 Å². The number of rotatable bonds is 4. The summed E-state index contributed by atoms with van der Waals surface area (Å²) >= 11 is 0. The molecule has 9 heavy (non-hydrogen) atoms. The lowest BCUT2D eigenvalue weighted by atomic mass is 10.6. The minimum Gasteiger partial charge on any atom is -0.510 e. The SMILES string of the molecule is C=C(O)COCC(F)F. The minimum absolute atomic E-state index is 0.218. The maximum Gasteiger partial charge on any atom is 0.261 e. The van der Waals surface area contributed by atoms with Gasteiger partial charge in [0.15, 0.2) is 0 Å². The molecule has 0 saturated heterocycles. The Morgan fingerprint density at radius 3 is 2.56 bits per heavy atom. The molecule has 0 aromatic heterocycles. The second-order valence-corrected chi connectivity index (χ2v) is 1.47. The van der Waals surface area contributed by atoms with Crippen LogP contribution in [0.3, 0.4) is 0 Å². The highest BCUT2D eigenvalue weighted by Crippen LogP contribution is 1.93. The van der Waals surface area contributed by atoms with E-state index >= 15 is 0 Å². The zero-order valence-electron chi connectivity index (χ0n) is 4.81. The van der Waals surface area contributed by atoms with E-state index in [1.807, 2.05) is 0 Å². The van der Waals surface area contributed by atoms with Gasteiger partial charge in [-0.2, -0.15) is 0 Å². The topological polar surface area (TPSA) is 29.5 Å². The summed E-state index contributed by atoms with van der Waals surface area (Å²) in [5, 5.41) is 8.30. The molecule has 0 saturated carbocycles. The Morgan fingerprint density at radius 2 is 2.22 bits per heavy atom. The van der Waals surface area contributed by atoms with Crippen LogP contribution in [0.1, 0.15) is 0 Å². The molecule has 4 heteroatoms. The lowest BCUT2D eigenvalue weighted by molar-refractivity contribution is 0.0183. The number of aliphatic hydroxyl groups is 1. The summed E-state index contributed by atoms with van der Waals surface area (Å²) in [6.07, 6.45) is -2.48. The first kappa shape index (κ1) is 8.36. The van der Waals surface area contributed by atoms with Gasteiger partial charge in [0, 0.05) is 0 Å². The van der Waals surface area contributed by atoms with Crippen molar-refractivity contribution in [1.29, 1.82) is 0 Å². The maximum atomic E-state index is 11.2. The number of aliphatic hydroxyl groups excluding tert-OH is 1. The third-order valence-electron chi connectivity index (χ3n) is 0.513. The quantitative estimate of drug-likeness (QED) is 0.594. The summed E-state index contributed by atoms with van der Waals surface area (Å²) in [5.74, 6) is -0.240. The van der Waals surface area contributed by atoms with Gasteiger partial charge in [0.05, 0.1) is 0 Å². The van der Waals surface area contributed by atoms with E-state index in [0.29, 0.717) is 0 Å². The first-order valence-corrected chi connectivity index (χ1v) is 2.35. The van der Waals surface area contributed by atoms with Crippen molar-refractivity contribution in [2.24, 2.45) is 0 Å². The highest BCUT2D eigenvalue weighted by atomic mass is 19.3. The standard InChI is InChI=1S/C5H8F2O2/c1-4(8)2-9-3-5(6)7/h5,8H,1-3H2. The molecule has 2 nitrogen and oxygen atoms in total. The predicted octanol–water partition coefficient (Wildman–Crippen LogP) is 1.34. The molecule has 0 aliphatic rings. The van der Waals surface area contributed by atoms with Crippen LogP contribution in [-0.2, 0) is 4.74 Å². The Balaban J connectivity index is 3.01. The van der Waals surface area contributed by atoms with Gasteiger partial charge < -0.3 is 9.84 Å². The average Bonchev–Trinajstić information content (AvgIpc) is 1.63. The van der Waals surface area contributed by atoms with Crippen LogP contribution in [0.15, 0.2) is 12.3 Å². The van der Waals surface area contributed by atoms with Gasteiger partial charge in [-0.1, -0.05) is 6.58 Å². The van der Waals surface area contributed by atoms with E-state index in [2.05, 4.69) is 11.3 Å². The molecule has 0 atom stereocenters. The smallest absolute Gasteiger partial charge is 0.261 e. The summed E-state index contributed by atoms with van der Waals surface area (Å²) in [4.78, 5) is 0. The molecule has 0 spiro atoms. The molecule has 0 radical (unpaired) electrons. The molecule has 0 unspecified atom stereocenters. The van der Waals surface area contributed by atoms with Crippen LogP contribution in [0, 0.1) is 0 Å². The third kappa shape index (κ3) is 7.36. The second kappa shape index (κ2) is 4.26. The van der Waals surface area contributed by atoms with Gasteiger partial charge in [-0.3, -0.25) is 0 Å². The molecule has 0 aromatic carbocycles. The van der Waals surface area contributed by atoms with Gasteiger partial charge >= 0.3 is 0 Å². The van der Waals surface area contributed by atoms with Crippen LogP contribution in [0.2, 0.25) is 0 Å². The molecule has 0 bridgehead atoms. The number of alkyl halides is 2. The van der Waals surface area contributed by atoms with Crippen LogP contribution in [0.5, 0.6) is 0 Å². The van der Waals surface area contributed by atoms with E-state index in [9.17, 15) is 8.78 Å². The van der Waals surface area contributed by atoms with Crippen LogP contribution < -0.4 is 0 Å². The van der Waals surface area contributed by atoms with Gasteiger partial charge in [-0.05, 0) is 0 Å². The Bertz CT molecular complexity index is 93.0. The predicted molar refractivity (Wildman–Crippen MR) is 28.6 cm³/mol. The molecule has 0 aliphatic carbocycles. The number of hydrogen-bond acceptors (Lipinski definition) is 2. The van der Waals surface area contributed by atoms with Crippen molar-refractivity contribution in [3.05, 3.63) is 12.3 Å². The average molecular weight is 138 g/mol. The van der Waals surface area contributed by atoms with Gasteiger partial charge in [0.25, 0.3) is 6.43 Å². The van der Waals surface area contributed by atoms with E-state index < -0.39 is 13.0 Å². The molecule has 54 valence electrons. The van der Waals surface area contributed by atoms with Crippen molar-refractivity contribution in [3.8, 4) is 0 Å². The van der Waals surface area contributed by atoms with Crippen molar-refractivity contribution in [1.82, 2.24) is 0 Å². The van der Waals surface area contributed by atoms with E-state index in [1.54, 1.807) is 0 Å². The fourth-order valence-electron chi connectivity index (χ4n) is 0.266. The number of hydrogen-bond donors (Lipinski definition) is 1. The number of halogens is 2. The van der Waals surface area contributed by atoms with E-state index in [4.69, 9.17) is 5.11 Å². The molecule has 0 aromatic rings. The molecule has 0 aliphatic heterocycles. The fraction of sp³-hybridized carbons (Fsp3) is 0.600. The van der Waals surface area contributed by atoms with Crippen molar-refractivity contribution in [2.75, 3.05) is 13.2 Å². The summed E-state index contributed by atoms with van der Waals surface area (Å²) in [6, 6.07) is 0. The first-order chi connectivity index (χ1) is 4.13. The Kier molecular flexibility index (Phi) is 3.96. The molecule has 0 amide bonds. The summed E-state index contributed by atoms with van der Waals surface area (Å²) in [7, 11) is 0. The van der Waals surface area contributed by atoms with Gasteiger partial charge in [-0.15, -0.1) is 0 Å². The monoisotopic (exact) mass is 138 g/mol. The van der Waals surface area contributed by atoms with Crippen LogP contribution >= 0.6 is 0 Å². The minimum atomic E-state index is -2.48. The molecule has 1 N–H and O–H groups in total. The van der Waals surface area contributed by atoms with Crippen molar-refractivity contribution in [2.45, 2.75) is 6.43 Å². The Morgan fingerprint density at radius 1 is 1.67 bits per heavy atom.